The molecule has 0 radical (unpaired) electrons. The van der Waals surface area contributed by atoms with E-state index in [1.54, 1.807) is 0 Å². The van der Waals surface area contributed by atoms with Crippen molar-refractivity contribution in [1.82, 2.24) is 5.32 Å². The van der Waals surface area contributed by atoms with Crippen molar-refractivity contribution in [2.24, 2.45) is 5.92 Å². The first kappa shape index (κ1) is 11.9. The quantitative estimate of drug-likeness (QED) is 0.785. The van der Waals surface area contributed by atoms with E-state index in [0.29, 0.717) is 6.42 Å². The van der Waals surface area contributed by atoms with Crippen LogP contribution in [0.4, 0.5) is 0 Å². The zero-order chi connectivity index (χ0) is 11.8. The molecule has 0 aromatic heterocycles. The van der Waals surface area contributed by atoms with Gasteiger partial charge in [-0.2, -0.15) is 0 Å². The molecule has 1 aliphatic carbocycles. The second-order valence-corrected chi connectivity index (χ2v) is 7.56. The molecule has 1 unspecified atom stereocenters. The minimum absolute atomic E-state index is 0.0529. The molecular formula is C11H19NO3S. The first-order valence-corrected chi connectivity index (χ1v) is 7.75. The Balaban J connectivity index is 1.96. The van der Waals surface area contributed by atoms with Crippen LogP contribution in [0.5, 0.6) is 0 Å². The van der Waals surface area contributed by atoms with Crippen LogP contribution in [0, 0.1) is 5.92 Å². The Bertz CT molecular complexity index is 384. The van der Waals surface area contributed by atoms with Crippen molar-refractivity contribution in [2.45, 2.75) is 44.6 Å². The number of carbonyl (C=O) groups excluding carboxylic acids is 1. The van der Waals surface area contributed by atoms with Crippen LogP contribution in [0.1, 0.15) is 39.0 Å². The van der Waals surface area contributed by atoms with E-state index < -0.39 is 15.4 Å². The lowest BCUT2D eigenvalue weighted by Crippen LogP contribution is -2.48. The molecule has 5 heteroatoms. The summed E-state index contributed by atoms with van der Waals surface area (Å²) < 4.78 is 22.8. The predicted molar refractivity (Wildman–Crippen MR) is 61.8 cm³/mol. The average Bonchev–Trinajstić information content (AvgIpc) is 2.73. The molecule has 2 aliphatic rings. The number of hydrogen-bond acceptors (Lipinski definition) is 3. The Hall–Kier alpha value is -0.580. The van der Waals surface area contributed by atoms with Gasteiger partial charge in [0.1, 0.15) is 0 Å². The van der Waals surface area contributed by atoms with E-state index in [-0.39, 0.29) is 23.3 Å². The number of rotatable bonds is 2. The summed E-state index contributed by atoms with van der Waals surface area (Å²) in [6.07, 6.45) is 4.69. The summed E-state index contributed by atoms with van der Waals surface area (Å²) in [5.74, 6) is 0.463. The lowest BCUT2D eigenvalue weighted by molar-refractivity contribution is -0.126. The maximum absolute atomic E-state index is 11.9. The van der Waals surface area contributed by atoms with Crippen LogP contribution in [0.15, 0.2) is 0 Å². The normalized spacial score (nSPS) is 34.1. The molecule has 1 N–H and O–H groups in total. The highest BCUT2D eigenvalue weighted by Gasteiger charge is 2.40. The Morgan fingerprint density at radius 3 is 2.44 bits per heavy atom. The third-order valence-electron chi connectivity index (χ3n) is 3.65. The molecule has 1 saturated carbocycles. The minimum atomic E-state index is -2.94. The summed E-state index contributed by atoms with van der Waals surface area (Å²) in [5, 5.41) is 2.93. The first-order valence-electron chi connectivity index (χ1n) is 5.93. The minimum Gasteiger partial charge on any atom is -0.350 e. The highest BCUT2D eigenvalue weighted by Crippen LogP contribution is 2.28. The molecule has 4 nitrogen and oxygen atoms in total. The fraction of sp³-hybridized carbons (Fsp3) is 0.909. The van der Waals surface area contributed by atoms with Crippen molar-refractivity contribution in [2.75, 3.05) is 11.5 Å². The van der Waals surface area contributed by atoms with E-state index in [1.807, 2.05) is 6.92 Å². The number of hydrogen-bond donors (Lipinski definition) is 1. The van der Waals surface area contributed by atoms with Gasteiger partial charge in [-0.05, 0) is 26.2 Å². The van der Waals surface area contributed by atoms with Crippen molar-refractivity contribution in [3.63, 3.8) is 0 Å². The summed E-state index contributed by atoms with van der Waals surface area (Å²) in [6.45, 7) is 1.84. The highest BCUT2D eigenvalue weighted by atomic mass is 32.2. The van der Waals surface area contributed by atoms with Crippen LogP contribution in [-0.4, -0.2) is 31.4 Å². The SMILES string of the molecule is CC1(NC(=O)C2CCCC2)CCS(=O)(=O)C1. The van der Waals surface area contributed by atoms with E-state index in [2.05, 4.69) is 5.32 Å². The Labute approximate surface area is 96.7 Å². The van der Waals surface area contributed by atoms with E-state index in [0.717, 1.165) is 25.7 Å². The molecule has 0 spiro atoms. The van der Waals surface area contributed by atoms with Gasteiger partial charge < -0.3 is 5.32 Å². The van der Waals surface area contributed by atoms with Crippen molar-refractivity contribution in [1.29, 1.82) is 0 Å². The van der Waals surface area contributed by atoms with Crippen LogP contribution in [0.25, 0.3) is 0 Å². The van der Waals surface area contributed by atoms with Crippen LogP contribution < -0.4 is 5.32 Å². The van der Waals surface area contributed by atoms with Gasteiger partial charge in [0.05, 0.1) is 17.0 Å². The fourth-order valence-corrected chi connectivity index (χ4v) is 4.79. The molecule has 0 aromatic carbocycles. The maximum Gasteiger partial charge on any atom is 0.223 e. The molecule has 1 atom stereocenters. The highest BCUT2D eigenvalue weighted by molar-refractivity contribution is 7.91. The summed E-state index contributed by atoms with van der Waals surface area (Å²) in [4.78, 5) is 11.9. The molecule has 1 aliphatic heterocycles. The summed E-state index contributed by atoms with van der Waals surface area (Å²) >= 11 is 0. The van der Waals surface area contributed by atoms with Gasteiger partial charge in [-0.25, -0.2) is 8.42 Å². The van der Waals surface area contributed by atoms with Crippen molar-refractivity contribution >= 4 is 15.7 Å². The number of sulfone groups is 1. The largest absolute Gasteiger partial charge is 0.350 e. The van der Waals surface area contributed by atoms with Crippen molar-refractivity contribution in [3.05, 3.63) is 0 Å². The Morgan fingerprint density at radius 2 is 1.94 bits per heavy atom. The van der Waals surface area contributed by atoms with Gasteiger partial charge in [-0.1, -0.05) is 12.8 Å². The van der Waals surface area contributed by atoms with E-state index in [4.69, 9.17) is 0 Å². The molecule has 16 heavy (non-hydrogen) atoms. The van der Waals surface area contributed by atoms with E-state index in [1.165, 1.54) is 0 Å². The van der Waals surface area contributed by atoms with Gasteiger partial charge in [0.2, 0.25) is 5.91 Å². The molecular weight excluding hydrogens is 226 g/mol. The molecule has 92 valence electrons. The Morgan fingerprint density at radius 1 is 1.31 bits per heavy atom. The van der Waals surface area contributed by atoms with Crippen LogP contribution in [0.2, 0.25) is 0 Å². The van der Waals surface area contributed by atoms with Gasteiger partial charge in [0.15, 0.2) is 9.84 Å². The topological polar surface area (TPSA) is 63.2 Å². The predicted octanol–water partition coefficient (Wildman–Crippen LogP) is 0.870. The zero-order valence-electron chi connectivity index (χ0n) is 9.66. The summed E-state index contributed by atoms with van der Waals surface area (Å²) in [7, 11) is -2.94. The first-order chi connectivity index (χ1) is 7.40. The number of nitrogens with one attached hydrogen (secondary N) is 1. The molecule has 2 rings (SSSR count). The van der Waals surface area contributed by atoms with E-state index in [9.17, 15) is 13.2 Å². The summed E-state index contributed by atoms with van der Waals surface area (Å²) in [5.41, 5.74) is -0.529. The lowest BCUT2D eigenvalue weighted by atomic mass is 9.99. The second kappa shape index (κ2) is 4.02. The molecule has 0 bridgehead atoms. The van der Waals surface area contributed by atoms with Crippen molar-refractivity contribution < 1.29 is 13.2 Å². The third kappa shape index (κ3) is 2.56. The van der Waals surface area contributed by atoms with Crippen LogP contribution in [-0.2, 0) is 14.6 Å². The maximum atomic E-state index is 11.9. The van der Waals surface area contributed by atoms with E-state index >= 15 is 0 Å². The zero-order valence-corrected chi connectivity index (χ0v) is 10.5. The standard InChI is InChI=1S/C11H19NO3S/c1-11(6-7-16(14,15)8-11)12-10(13)9-4-2-3-5-9/h9H,2-8H2,1H3,(H,12,13). The molecule has 0 aromatic rings. The third-order valence-corrected chi connectivity index (χ3v) is 5.56. The molecule has 1 saturated heterocycles. The monoisotopic (exact) mass is 245 g/mol. The number of carbonyl (C=O) groups is 1. The summed E-state index contributed by atoms with van der Waals surface area (Å²) in [6, 6.07) is 0. The molecule has 1 heterocycles. The smallest absolute Gasteiger partial charge is 0.223 e. The average molecular weight is 245 g/mol. The van der Waals surface area contributed by atoms with Gasteiger partial charge in [-0.15, -0.1) is 0 Å². The molecule has 1 amide bonds. The van der Waals surface area contributed by atoms with Crippen LogP contribution in [0.3, 0.4) is 0 Å². The second-order valence-electron chi connectivity index (χ2n) is 5.37. The number of amides is 1. The van der Waals surface area contributed by atoms with Gasteiger partial charge in [0.25, 0.3) is 0 Å². The fourth-order valence-electron chi connectivity index (χ4n) is 2.70. The van der Waals surface area contributed by atoms with Gasteiger partial charge in [0, 0.05) is 5.92 Å². The Kier molecular flexibility index (Phi) is 2.99. The van der Waals surface area contributed by atoms with Crippen molar-refractivity contribution in [3.8, 4) is 0 Å². The molecule has 2 fully saturated rings. The van der Waals surface area contributed by atoms with Gasteiger partial charge >= 0.3 is 0 Å². The lowest BCUT2D eigenvalue weighted by Gasteiger charge is -2.25. The van der Waals surface area contributed by atoms with Crippen LogP contribution >= 0.6 is 0 Å². The van der Waals surface area contributed by atoms with Gasteiger partial charge in [-0.3, -0.25) is 4.79 Å².